The Morgan fingerprint density at radius 3 is 2.05 bits per heavy atom. The first-order valence-corrected chi connectivity index (χ1v) is 7.18. The Morgan fingerprint density at radius 1 is 1.19 bits per heavy atom. The molecule has 0 aliphatic carbocycles. The zero-order valence-electron chi connectivity index (χ0n) is 13.3. The lowest BCUT2D eigenvalue weighted by Crippen LogP contribution is -2.42. The van der Waals surface area contributed by atoms with Gasteiger partial charge in [-0.25, -0.2) is 0 Å². The average molecular weight is 286 g/mol. The molecule has 3 nitrogen and oxygen atoms in total. The molecule has 2 N–H and O–H groups in total. The molecule has 1 rings (SSSR count). The number of benzene rings is 1. The molecule has 114 valence electrons. The average Bonchev–Trinajstić information content (AvgIpc) is 2.45. The number of carbonyl (C=O) groups excluding carboxylic acids is 1. The highest BCUT2D eigenvalue weighted by Crippen LogP contribution is 2.22. The Labute approximate surface area is 128 Å². The molecule has 0 fully saturated rings. The van der Waals surface area contributed by atoms with Crippen LogP contribution in [0.3, 0.4) is 0 Å². The summed E-state index contributed by atoms with van der Waals surface area (Å²) in [5, 5.41) is 0. The van der Waals surface area contributed by atoms with Crippen molar-refractivity contribution >= 4 is 11.5 Å². The molecule has 1 aromatic rings. The van der Waals surface area contributed by atoms with Gasteiger partial charge in [-0.3, -0.25) is 4.79 Å². The van der Waals surface area contributed by atoms with E-state index in [9.17, 15) is 4.79 Å². The second-order valence-corrected chi connectivity index (χ2v) is 6.24. The van der Waals surface area contributed by atoms with E-state index in [0.29, 0.717) is 5.56 Å². The molecule has 0 unspecified atom stereocenters. The monoisotopic (exact) mass is 286 g/mol. The van der Waals surface area contributed by atoms with Crippen molar-refractivity contribution in [1.82, 2.24) is 0 Å². The van der Waals surface area contributed by atoms with E-state index in [4.69, 9.17) is 5.73 Å². The molecular formula is C18H26N2O. The molecule has 0 saturated carbocycles. The zero-order chi connectivity index (χ0) is 16.0. The van der Waals surface area contributed by atoms with Crippen molar-refractivity contribution < 1.29 is 4.79 Å². The maximum absolute atomic E-state index is 12.4. The highest BCUT2D eigenvalue weighted by atomic mass is 16.1. The summed E-state index contributed by atoms with van der Waals surface area (Å²) < 4.78 is 0. The maximum atomic E-state index is 12.4. The van der Waals surface area contributed by atoms with Crippen LogP contribution in [-0.2, 0) is 0 Å². The fourth-order valence-corrected chi connectivity index (χ4v) is 2.01. The predicted octanol–water partition coefficient (Wildman–Crippen LogP) is 3.42. The number of Topliss-reactive ketones (excluding diaryl/α,β-unsaturated/α-hetero) is 1. The number of hydrogen-bond acceptors (Lipinski definition) is 3. The molecule has 1 aromatic carbocycles. The quantitative estimate of drug-likeness (QED) is 0.617. The van der Waals surface area contributed by atoms with Crippen LogP contribution >= 0.6 is 0 Å². The van der Waals surface area contributed by atoms with E-state index in [-0.39, 0.29) is 11.2 Å². The van der Waals surface area contributed by atoms with Gasteiger partial charge in [0.1, 0.15) is 0 Å². The fourth-order valence-electron chi connectivity index (χ4n) is 2.01. The van der Waals surface area contributed by atoms with Gasteiger partial charge in [0.25, 0.3) is 0 Å². The molecule has 0 saturated heterocycles. The van der Waals surface area contributed by atoms with Crippen molar-refractivity contribution in [2.45, 2.75) is 26.8 Å². The second kappa shape index (κ2) is 7.23. The molecule has 0 aliphatic rings. The van der Waals surface area contributed by atoms with E-state index >= 15 is 0 Å². The van der Waals surface area contributed by atoms with Gasteiger partial charge in [-0.15, -0.1) is 13.2 Å². The lowest BCUT2D eigenvalue weighted by Gasteiger charge is -2.26. The molecule has 0 heterocycles. The van der Waals surface area contributed by atoms with Gasteiger partial charge in [-0.05, 0) is 29.7 Å². The van der Waals surface area contributed by atoms with Crippen LogP contribution in [0.4, 0.5) is 5.69 Å². The molecule has 0 amide bonds. The molecule has 0 aromatic heterocycles. The van der Waals surface area contributed by atoms with Crippen LogP contribution in [0.15, 0.2) is 49.6 Å². The van der Waals surface area contributed by atoms with E-state index in [0.717, 1.165) is 18.8 Å². The van der Waals surface area contributed by atoms with Gasteiger partial charge in [0, 0.05) is 24.3 Å². The number of anilines is 1. The van der Waals surface area contributed by atoms with Gasteiger partial charge in [0.2, 0.25) is 0 Å². The fraction of sp³-hybridized carbons (Fsp3) is 0.389. The highest BCUT2D eigenvalue weighted by molar-refractivity contribution is 6.00. The largest absolute Gasteiger partial charge is 0.364 e. The van der Waals surface area contributed by atoms with E-state index < -0.39 is 6.04 Å². The van der Waals surface area contributed by atoms with Crippen molar-refractivity contribution in [3.8, 4) is 0 Å². The minimum absolute atomic E-state index is 0.0203. The van der Waals surface area contributed by atoms with Gasteiger partial charge in [0.15, 0.2) is 5.78 Å². The Balaban J connectivity index is 2.93. The van der Waals surface area contributed by atoms with Crippen LogP contribution in [0.2, 0.25) is 0 Å². The van der Waals surface area contributed by atoms with Crippen LogP contribution in [0, 0.1) is 5.41 Å². The Kier molecular flexibility index (Phi) is 5.91. The number of ketones is 1. The van der Waals surface area contributed by atoms with Crippen LogP contribution in [0.25, 0.3) is 0 Å². The van der Waals surface area contributed by atoms with Crippen LogP contribution < -0.4 is 10.6 Å². The first-order chi connectivity index (χ1) is 9.81. The number of rotatable bonds is 7. The number of carbonyl (C=O) groups is 1. The normalized spacial score (nSPS) is 12.6. The molecule has 0 radical (unpaired) electrons. The van der Waals surface area contributed by atoms with Gasteiger partial charge in [-0.2, -0.15) is 0 Å². The topological polar surface area (TPSA) is 46.3 Å². The second-order valence-electron chi connectivity index (χ2n) is 6.24. The Bertz CT molecular complexity index is 487. The minimum Gasteiger partial charge on any atom is -0.364 e. The summed E-state index contributed by atoms with van der Waals surface area (Å²) in [6.45, 7) is 14.9. The van der Waals surface area contributed by atoms with Gasteiger partial charge in [0.05, 0.1) is 6.04 Å². The van der Waals surface area contributed by atoms with E-state index in [1.165, 1.54) is 0 Å². The predicted molar refractivity (Wildman–Crippen MR) is 90.8 cm³/mol. The summed E-state index contributed by atoms with van der Waals surface area (Å²) in [7, 11) is 0. The van der Waals surface area contributed by atoms with Gasteiger partial charge < -0.3 is 10.6 Å². The minimum atomic E-state index is -0.499. The third-order valence-electron chi connectivity index (χ3n) is 3.43. The summed E-state index contributed by atoms with van der Waals surface area (Å²) in [6, 6.07) is 7.05. The van der Waals surface area contributed by atoms with Crippen molar-refractivity contribution in [2.75, 3.05) is 18.0 Å². The molecular weight excluding hydrogens is 260 g/mol. The van der Waals surface area contributed by atoms with Crippen LogP contribution in [-0.4, -0.2) is 24.9 Å². The van der Waals surface area contributed by atoms with E-state index in [2.05, 4.69) is 18.1 Å². The highest BCUT2D eigenvalue weighted by Gasteiger charge is 2.28. The summed E-state index contributed by atoms with van der Waals surface area (Å²) >= 11 is 0. The summed E-state index contributed by atoms with van der Waals surface area (Å²) in [5.41, 5.74) is 7.48. The molecule has 0 aliphatic heterocycles. The first-order valence-electron chi connectivity index (χ1n) is 7.18. The van der Waals surface area contributed by atoms with Gasteiger partial charge >= 0.3 is 0 Å². The number of nitrogens with two attached hydrogens (primary N) is 1. The van der Waals surface area contributed by atoms with Gasteiger partial charge in [-0.1, -0.05) is 32.9 Å². The molecule has 0 spiro atoms. The third kappa shape index (κ3) is 4.57. The van der Waals surface area contributed by atoms with Crippen molar-refractivity contribution in [1.29, 1.82) is 0 Å². The molecule has 0 bridgehead atoms. The van der Waals surface area contributed by atoms with Crippen molar-refractivity contribution in [3.63, 3.8) is 0 Å². The molecule has 1 atom stereocenters. The first kappa shape index (κ1) is 17.2. The Hall–Kier alpha value is -1.87. The third-order valence-corrected chi connectivity index (χ3v) is 3.43. The SMILES string of the molecule is C=CCN(CC=C)c1ccc(C(=O)[C@@H](N)C(C)(C)C)cc1. The van der Waals surface area contributed by atoms with E-state index in [1.807, 2.05) is 57.2 Å². The summed E-state index contributed by atoms with van der Waals surface area (Å²) in [5.74, 6) is -0.0203. The van der Waals surface area contributed by atoms with E-state index in [1.54, 1.807) is 0 Å². The lowest BCUT2D eigenvalue weighted by atomic mass is 9.83. The maximum Gasteiger partial charge on any atom is 0.180 e. The summed E-state index contributed by atoms with van der Waals surface area (Å²) in [6.07, 6.45) is 3.69. The zero-order valence-corrected chi connectivity index (χ0v) is 13.3. The standard InChI is InChI=1S/C18H26N2O/c1-6-12-20(13-7-2)15-10-8-14(9-11-15)16(21)17(19)18(3,4)5/h6-11,17H,1-2,12-13,19H2,3-5H3/t17-/m1/s1. The molecule has 21 heavy (non-hydrogen) atoms. The molecule has 3 heteroatoms. The van der Waals surface area contributed by atoms with Crippen LogP contribution in [0.1, 0.15) is 31.1 Å². The van der Waals surface area contributed by atoms with Crippen molar-refractivity contribution in [2.24, 2.45) is 11.1 Å². The van der Waals surface area contributed by atoms with Crippen LogP contribution in [0.5, 0.6) is 0 Å². The smallest absolute Gasteiger partial charge is 0.180 e. The lowest BCUT2D eigenvalue weighted by molar-refractivity contribution is 0.0901. The number of hydrogen-bond donors (Lipinski definition) is 1. The van der Waals surface area contributed by atoms with Crippen molar-refractivity contribution in [3.05, 3.63) is 55.1 Å². The Morgan fingerprint density at radius 2 is 1.67 bits per heavy atom. The summed E-state index contributed by atoms with van der Waals surface area (Å²) in [4.78, 5) is 14.5. The number of nitrogens with zero attached hydrogens (tertiary/aromatic N) is 1.